The molecular weight excluding hydrogens is 424 g/mol. The minimum absolute atomic E-state index is 0.0558. The SMILES string of the molecule is [O-][S+]1CCc2nc(N3CCC(c4ncc(Cl)cn4)CC3)nc(NC3(CO)CCC3)c21. The molecule has 10 heteroatoms. The van der Waals surface area contributed by atoms with Gasteiger partial charge in [0, 0.05) is 37.8 Å². The van der Waals surface area contributed by atoms with Gasteiger partial charge in [0.1, 0.15) is 17.3 Å². The van der Waals surface area contributed by atoms with Crippen LogP contribution in [0.5, 0.6) is 0 Å². The van der Waals surface area contributed by atoms with Crippen molar-refractivity contribution in [2.45, 2.75) is 54.9 Å². The number of rotatable bonds is 5. The summed E-state index contributed by atoms with van der Waals surface area (Å²) >= 11 is 4.82. The summed E-state index contributed by atoms with van der Waals surface area (Å²) in [5.74, 6) is 3.04. The van der Waals surface area contributed by atoms with E-state index in [1.807, 2.05) is 0 Å². The van der Waals surface area contributed by atoms with E-state index < -0.39 is 11.2 Å². The number of nitrogens with zero attached hydrogens (tertiary/aromatic N) is 5. The second-order valence-electron chi connectivity index (χ2n) is 8.39. The number of aryl methyl sites for hydroxylation is 1. The van der Waals surface area contributed by atoms with Crippen LogP contribution in [0.15, 0.2) is 17.3 Å². The summed E-state index contributed by atoms with van der Waals surface area (Å²) < 4.78 is 12.6. The Hall–Kier alpha value is -1.68. The number of fused-ring (bicyclic) bond motifs is 1. The third kappa shape index (κ3) is 3.72. The van der Waals surface area contributed by atoms with Crippen molar-refractivity contribution in [3.63, 3.8) is 0 Å². The van der Waals surface area contributed by atoms with Crippen molar-refractivity contribution < 1.29 is 9.66 Å². The molecule has 1 aliphatic carbocycles. The van der Waals surface area contributed by atoms with E-state index in [9.17, 15) is 9.66 Å². The van der Waals surface area contributed by atoms with Gasteiger partial charge < -0.3 is 19.9 Å². The number of hydrogen-bond acceptors (Lipinski definition) is 8. The predicted molar refractivity (Wildman–Crippen MR) is 116 cm³/mol. The molecule has 0 amide bonds. The molecule has 8 nitrogen and oxygen atoms in total. The van der Waals surface area contributed by atoms with E-state index in [2.05, 4.69) is 20.2 Å². The van der Waals surface area contributed by atoms with Crippen LogP contribution in [0.1, 0.15) is 49.5 Å². The maximum Gasteiger partial charge on any atom is 0.227 e. The van der Waals surface area contributed by atoms with Crippen molar-refractivity contribution in [3.8, 4) is 0 Å². The van der Waals surface area contributed by atoms with Crippen molar-refractivity contribution in [2.24, 2.45) is 0 Å². The van der Waals surface area contributed by atoms with Gasteiger partial charge in [0.2, 0.25) is 10.8 Å². The fourth-order valence-electron chi connectivity index (χ4n) is 4.46. The number of piperidine rings is 1. The summed E-state index contributed by atoms with van der Waals surface area (Å²) in [6, 6.07) is 0. The third-order valence-corrected chi connectivity index (χ3v) is 8.11. The Labute approximate surface area is 183 Å². The molecule has 4 heterocycles. The molecule has 1 saturated heterocycles. The number of aromatic nitrogens is 4. The van der Waals surface area contributed by atoms with Gasteiger partial charge >= 0.3 is 0 Å². The average molecular weight is 449 g/mol. The normalized spacial score (nSPS) is 23.2. The number of aliphatic hydroxyl groups is 1. The predicted octanol–water partition coefficient (Wildman–Crippen LogP) is 2.29. The molecule has 2 aromatic heterocycles. The monoisotopic (exact) mass is 448 g/mol. The summed E-state index contributed by atoms with van der Waals surface area (Å²) in [5, 5.41) is 13.9. The quantitative estimate of drug-likeness (QED) is 0.670. The number of anilines is 2. The van der Waals surface area contributed by atoms with Crippen molar-refractivity contribution >= 4 is 34.5 Å². The molecule has 0 radical (unpaired) electrons. The van der Waals surface area contributed by atoms with Gasteiger partial charge in [-0.3, -0.25) is 0 Å². The first-order valence-electron chi connectivity index (χ1n) is 10.5. The fourth-order valence-corrected chi connectivity index (χ4v) is 5.86. The standard InChI is InChI=1S/C20H25ClN6O2S/c21-14-10-22-17(23-11-14)13-2-7-27(8-3-13)19-24-15-4-9-30(29)16(15)18(25-19)26-20(12-28)5-1-6-20/h10-11,13,28H,1-9,12H2,(H,24,25,26). The first-order chi connectivity index (χ1) is 14.6. The van der Waals surface area contributed by atoms with Gasteiger partial charge in [-0.25, -0.2) is 15.0 Å². The fraction of sp³-hybridized carbons (Fsp3) is 0.600. The van der Waals surface area contributed by atoms with E-state index in [4.69, 9.17) is 21.6 Å². The summed E-state index contributed by atoms with van der Waals surface area (Å²) in [6.07, 6.45) is 8.71. The van der Waals surface area contributed by atoms with Crippen molar-refractivity contribution in [3.05, 3.63) is 28.9 Å². The molecule has 5 rings (SSSR count). The molecular formula is C20H25ClN6O2S. The minimum atomic E-state index is -1.08. The molecule has 2 aliphatic heterocycles. The van der Waals surface area contributed by atoms with Gasteiger partial charge in [0.15, 0.2) is 5.82 Å². The average Bonchev–Trinajstić information content (AvgIpc) is 3.12. The zero-order chi connectivity index (χ0) is 20.7. The molecule has 0 aromatic carbocycles. The van der Waals surface area contributed by atoms with Gasteiger partial charge in [-0.2, -0.15) is 4.98 Å². The van der Waals surface area contributed by atoms with Crippen LogP contribution in [-0.4, -0.2) is 60.6 Å². The lowest BCUT2D eigenvalue weighted by atomic mass is 9.77. The molecule has 2 aromatic rings. The van der Waals surface area contributed by atoms with Crippen molar-refractivity contribution in [1.82, 2.24) is 19.9 Å². The number of hydrogen-bond donors (Lipinski definition) is 2. The van der Waals surface area contributed by atoms with Crippen LogP contribution in [0.3, 0.4) is 0 Å². The first kappa shape index (κ1) is 20.2. The Kier molecular flexibility index (Phi) is 5.47. The van der Waals surface area contributed by atoms with E-state index in [0.29, 0.717) is 34.9 Å². The number of nitrogens with one attached hydrogen (secondary N) is 1. The minimum Gasteiger partial charge on any atom is -0.611 e. The van der Waals surface area contributed by atoms with Crippen molar-refractivity contribution in [2.75, 3.05) is 35.7 Å². The lowest BCUT2D eigenvalue weighted by Gasteiger charge is -2.41. The van der Waals surface area contributed by atoms with Gasteiger partial charge in [0.05, 0.1) is 17.2 Å². The Morgan fingerprint density at radius 1 is 1.23 bits per heavy atom. The molecule has 0 spiro atoms. The second-order valence-corrected chi connectivity index (χ2v) is 10.3. The van der Waals surface area contributed by atoms with Crippen LogP contribution < -0.4 is 10.2 Å². The summed E-state index contributed by atoms with van der Waals surface area (Å²) in [7, 11) is 0. The molecule has 30 heavy (non-hydrogen) atoms. The smallest absolute Gasteiger partial charge is 0.227 e. The highest BCUT2D eigenvalue weighted by Crippen LogP contribution is 2.39. The van der Waals surface area contributed by atoms with Crippen LogP contribution in [0.4, 0.5) is 11.8 Å². The molecule has 0 bridgehead atoms. The van der Waals surface area contributed by atoms with Gasteiger partial charge in [-0.05, 0) is 43.3 Å². The maximum absolute atomic E-state index is 12.6. The number of aliphatic hydroxyl groups excluding tert-OH is 1. The topological polar surface area (TPSA) is 110 Å². The van der Waals surface area contributed by atoms with Crippen LogP contribution in [0, 0.1) is 0 Å². The highest BCUT2D eigenvalue weighted by atomic mass is 35.5. The van der Waals surface area contributed by atoms with Crippen LogP contribution >= 0.6 is 11.6 Å². The van der Waals surface area contributed by atoms with E-state index in [1.165, 1.54) is 0 Å². The van der Waals surface area contributed by atoms with E-state index in [-0.39, 0.29) is 12.1 Å². The highest BCUT2D eigenvalue weighted by Gasteiger charge is 2.41. The van der Waals surface area contributed by atoms with Gasteiger partial charge in [-0.1, -0.05) is 11.6 Å². The zero-order valence-electron chi connectivity index (χ0n) is 16.7. The zero-order valence-corrected chi connectivity index (χ0v) is 18.3. The summed E-state index contributed by atoms with van der Waals surface area (Å²) in [5.41, 5.74) is 0.530. The summed E-state index contributed by atoms with van der Waals surface area (Å²) in [4.78, 5) is 21.2. The Morgan fingerprint density at radius 3 is 2.60 bits per heavy atom. The molecule has 1 unspecified atom stereocenters. The highest BCUT2D eigenvalue weighted by molar-refractivity contribution is 7.91. The van der Waals surface area contributed by atoms with Gasteiger partial charge in [0.25, 0.3) is 0 Å². The first-order valence-corrected chi connectivity index (χ1v) is 12.2. The second kappa shape index (κ2) is 8.11. The van der Waals surface area contributed by atoms with E-state index >= 15 is 0 Å². The molecule has 1 saturated carbocycles. The maximum atomic E-state index is 12.6. The van der Waals surface area contributed by atoms with Crippen LogP contribution in [0.25, 0.3) is 0 Å². The number of halogens is 1. The van der Waals surface area contributed by atoms with Crippen LogP contribution in [-0.2, 0) is 17.6 Å². The van der Waals surface area contributed by atoms with E-state index in [0.717, 1.165) is 61.6 Å². The Balaban J connectivity index is 1.36. The molecule has 2 N–H and O–H groups in total. The summed E-state index contributed by atoms with van der Waals surface area (Å²) in [6.45, 7) is 1.67. The molecule has 2 fully saturated rings. The Bertz CT molecular complexity index is 913. The lowest BCUT2D eigenvalue weighted by molar-refractivity contribution is 0.143. The lowest BCUT2D eigenvalue weighted by Crippen LogP contribution is -2.49. The molecule has 160 valence electrons. The van der Waals surface area contributed by atoms with E-state index in [1.54, 1.807) is 12.4 Å². The largest absolute Gasteiger partial charge is 0.611 e. The van der Waals surface area contributed by atoms with Crippen LogP contribution in [0.2, 0.25) is 5.02 Å². The van der Waals surface area contributed by atoms with Gasteiger partial charge in [-0.15, -0.1) is 0 Å². The molecule has 3 aliphatic rings. The van der Waals surface area contributed by atoms with Crippen molar-refractivity contribution in [1.29, 1.82) is 0 Å². The molecule has 1 atom stereocenters. The third-order valence-electron chi connectivity index (χ3n) is 6.46. The Morgan fingerprint density at radius 2 is 1.97 bits per heavy atom.